The zero-order chi connectivity index (χ0) is 24.2. The van der Waals surface area contributed by atoms with Crippen LogP contribution in [0.25, 0.3) is 40.9 Å². The first-order valence-electron chi connectivity index (χ1n) is 12.4. The topological polar surface area (TPSA) is 40.3 Å². The first-order valence-corrected chi connectivity index (χ1v) is 12.4. The highest BCUT2D eigenvalue weighted by Gasteiger charge is 2.13. The van der Waals surface area contributed by atoms with E-state index in [1.54, 1.807) is 0 Å². The fraction of sp³-hybridized carbons (Fsp3) is 0.226. The van der Waals surface area contributed by atoms with Crippen LogP contribution in [0.3, 0.4) is 0 Å². The predicted molar refractivity (Wildman–Crippen MR) is 149 cm³/mol. The van der Waals surface area contributed by atoms with E-state index in [2.05, 4.69) is 65.3 Å². The van der Waals surface area contributed by atoms with E-state index in [0.717, 1.165) is 68.3 Å². The fourth-order valence-electron chi connectivity index (χ4n) is 4.88. The molecule has 1 saturated heterocycles. The number of aromatic nitrogens is 1. The molecule has 0 radical (unpaired) electrons. The van der Waals surface area contributed by atoms with Gasteiger partial charge in [0.15, 0.2) is 0 Å². The molecule has 0 saturated carbocycles. The molecule has 2 N–H and O–H groups in total. The fourth-order valence-corrected chi connectivity index (χ4v) is 4.88. The molecule has 0 aliphatic carbocycles. The molecule has 1 aliphatic heterocycles. The Kier molecular flexibility index (Phi) is 6.73. The standard InChI is InChI=1S/C31H33N3O/c1-22-11-12-23(2)31-30(22)28(21-32-31)27-9-5-6-10-29(27)33-24(3)25-13-15-26(16-14-25)35-20-19-34-17-7-4-8-18-34/h5-6,9-16,21,32-33H,1-4,7-8,17-20H2. The lowest BCUT2D eigenvalue weighted by Gasteiger charge is -2.26. The molecule has 2 heterocycles. The number of nitrogens with zero attached hydrogens (tertiary/aromatic N) is 1. The molecule has 0 spiro atoms. The van der Waals surface area contributed by atoms with Crippen molar-refractivity contribution in [1.82, 2.24) is 9.88 Å². The monoisotopic (exact) mass is 463 g/mol. The molecule has 4 aromatic rings. The van der Waals surface area contributed by atoms with Gasteiger partial charge >= 0.3 is 0 Å². The van der Waals surface area contributed by atoms with Crippen molar-refractivity contribution in [2.75, 3.05) is 31.6 Å². The minimum absolute atomic E-state index is 0.722. The molecule has 1 aliphatic rings. The SMILES string of the molecule is C=C(Nc1ccccc1-c1c[nH]c2c(=C)ccc(=C)c12)c1ccc(OCCN2CCCCC2)cc1. The Morgan fingerprint density at radius 1 is 0.886 bits per heavy atom. The van der Waals surface area contributed by atoms with E-state index in [1.807, 2.05) is 36.5 Å². The van der Waals surface area contributed by atoms with Gasteiger partial charge in [-0.3, -0.25) is 4.90 Å². The van der Waals surface area contributed by atoms with Crippen molar-refractivity contribution in [3.05, 3.63) is 89.4 Å². The van der Waals surface area contributed by atoms with E-state index < -0.39 is 0 Å². The Morgan fingerprint density at radius 2 is 1.63 bits per heavy atom. The van der Waals surface area contributed by atoms with Gasteiger partial charge in [-0.15, -0.1) is 0 Å². The van der Waals surface area contributed by atoms with Crippen molar-refractivity contribution in [3.63, 3.8) is 0 Å². The van der Waals surface area contributed by atoms with Gasteiger partial charge in [0, 0.05) is 40.6 Å². The van der Waals surface area contributed by atoms with Gasteiger partial charge in [-0.2, -0.15) is 0 Å². The van der Waals surface area contributed by atoms with Crippen LogP contribution >= 0.6 is 0 Å². The van der Waals surface area contributed by atoms with Crippen molar-refractivity contribution in [2.24, 2.45) is 0 Å². The number of hydrogen-bond donors (Lipinski definition) is 2. The number of benzene rings is 3. The molecule has 0 bridgehead atoms. The number of nitrogens with one attached hydrogen (secondary N) is 2. The van der Waals surface area contributed by atoms with Crippen LogP contribution in [0.5, 0.6) is 5.75 Å². The normalized spacial score (nSPS) is 14.2. The number of piperidine rings is 1. The molecule has 0 unspecified atom stereocenters. The zero-order valence-electron chi connectivity index (χ0n) is 20.3. The van der Waals surface area contributed by atoms with Crippen LogP contribution in [0, 0.1) is 0 Å². The molecule has 1 fully saturated rings. The molecule has 5 rings (SSSR count). The van der Waals surface area contributed by atoms with Gasteiger partial charge in [0.1, 0.15) is 12.4 Å². The summed E-state index contributed by atoms with van der Waals surface area (Å²) in [6, 6.07) is 20.5. The van der Waals surface area contributed by atoms with Gasteiger partial charge in [-0.25, -0.2) is 0 Å². The first kappa shape index (κ1) is 23.0. The maximum atomic E-state index is 5.99. The third-order valence-electron chi connectivity index (χ3n) is 6.84. The second-order valence-corrected chi connectivity index (χ2v) is 9.26. The van der Waals surface area contributed by atoms with E-state index in [-0.39, 0.29) is 0 Å². The van der Waals surface area contributed by atoms with Crippen molar-refractivity contribution < 1.29 is 4.74 Å². The molecule has 4 nitrogen and oxygen atoms in total. The summed E-state index contributed by atoms with van der Waals surface area (Å²) in [5, 5.41) is 6.57. The van der Waals surface area contributed by atoms with Crippen LogP contribution < -0.4 is 20.5 Å². The Bertz CT molecular complexity index is 1430. The number of fused-ring (bicyclic) bond motifs is 1. The summed E-state index contributed by atoms with van der Waals surface area (Å²) in [5.74, 6) is 0.893. The number of H-pyrrole nitrogens is 1. The lowest BCUT2D eigenvalue weighted by molar-refractivity contribution is 0.183. The Labute approximate surface area is 207 Å². The van der Waals surface area contributed by atoms with Crippen molar-refractivity contribution in [1.29, 1.82) is 0 Å². The van der Waals surface area contributed by atoms with Crippen LogP contribution in [0.2, 0.25) is 0 Å². The third kappa shape index (κ3) is 5.03. The lowest BCUT2D eigenvalue weighted by Crippen LogP contribution is -2.33. The summed E-state index contributed by atoms with van der Waals surface area (Å²) in [4.78, 5) is 5.87. The average molecular weight is 464 g/mol. The molecule has 1 aromatic heterocycles. The van der Waals surface area contributed by atoms with Crippen LogP contribution in [-0.2, 0) is 0 Å². The molecular formula is C31H33N3O. The third-order valence-corrected chi connectivity index (χ3v) is 6.84. The van der Waals surface area contributed by atoms with Gasteiger partial charge in [0.2, 0.25) is 0 Å². The van der Waals surface area contributed by atoms with Gasteiger partial charge < -0.3 is 15.0 Å². The maximum Gasteiger partial charge on any atom is 0.119 e. The molecule has 178 valence electrons. The van der Waals surface area contributed by atoms with E-state index in [4.69, 9.17) is 4.74 Å². The number of anilines is 1. The number of hydrogen-bond acceptors (Lipinski definition) is 3. The minimum Gasteiger partial charge on any atom is -0.492 e. The van der Waals surface area contributed by atoms with Crippen molar-refractivity contribution >= 4 is 35.4 Å². The maximum absolute atomic E-state index is 5.99. The predicted octanol–water partition coefficient (Wildman–Crippen LogP) is 5.60. The number of rotatable bonds is 8. The average Bonchev–Trinajstić information content (AvgIpc) is 3.34. The van der Waals surface area contributed by atoms with Crippen LogP contribution in [-0.4, -0.2) is 36.1 Å². The van der Waals surface area contributed by atoms with Crippen LogP contribution in [0.4, 0.5) is 5.69 Å². The van der Waals surface area contributed by atoms with E-state index in [0.29, 0.717) is 0 Å². The number of aromatic amines is 1. The highest BCUT2D eigenvalue weighted by Crippen LogP contribution is 2.33. The number of para-hydroxylation sites is 1. The van der Waals surface area contributed by atoms with Gasteiger partial charge in [0.25, 0.3) is 0 Å². The molecule has 35 heavy (non-hydrogen) atoms. The molecule has 4 heteroatoms. The summed E-state index contributed by atoms with van der Waals surface area (Å²) in [6.07, 6.45) is 6.01. The Balaban J connectivity index is 1.29. The van der Waals surface area contributed by atoms with Gasteiger partial charge in [-0.05, 0) is 72.3 Å². The smallest absolute Gasteiger partial charge is 0.119 e. The minimum atomic E-state index is 0.722. The lowest BCUT2D eigenvalue weighted by atomic mass is 10.0. The summed E-state index contributed by atoms with van der Waals surface area (Å²) in [5.41, 5.74) is 6.08. The molecule has 3 aromatic carbocycles. The summed E-state index contributed by atoms with van der Waals surface area (Å²) in [6.45, 7) is 16.8. The van der Waals surface area contributed by atoms with E-state index in [9.17, 15) is 0 Å². The van der Waals surface area contributed by atoms with Gasteiger partial charge in [0.05, 0.1) is 5.52 Å². The molecular weight excluding hydrogens is 430 g/mol. The quantitative estimate of drug-likeness (QED) is 0.357. The first-order chi connectivity index (χ1) is 17.1. The zero-order valence-corrected chi connectivity index (χ0v) is 20.3. The summed E-state index contributed by atoms with van der Waals surface area (Å²) < 4.78 is 5.99. The van der Waals surface area contributed by atoms with Gasteiger partial charge in [-0.1, -0.05) is 56.5 Å². The number of ether oxygens (including phenoxy) is 1. The Hall–Kier alpha value is -3.76. The van der Waals surface area contributed by atoms with E-state index >= 15 is 0 Å². The summed E-state index contributed by atoms with van der Waals surface area (Å²) >= 11 is 0. The second kappa shape index (κ2) is 10.2. The van der Waals surface area contributed by atoms with Crippen LogP contribution in [0.15, 0.2) is 73.4 Å². The Morgan fingerprint density at radius 3 is 2.43 bits per heavy atom. The number of likely N-dealkylation sites (tertiary alicyclic amines) is 1. The molecule has 0 amide bonds. The van der Waals surface area contributed by atoms with Crippen LogP contribution in [0.1, 0.15) is 24.8 Å². The molecule has 0 atom stereocenters. The summed E-state index contributed by atoms with van der Waals surface area (Å²) in [7, 11) is 0. The van der Waals surface area contributed by atoms with Crippen molar-refractivity contribution in [3.8, 4) is 16.9 Å². The van der Waals surface area contributed by atoms with Crippen molar-refractivity contribution in [2.45, 2.75) is 19.3 Å². The van der Waals surface area contributed by atoms with E-state index in [1.165, 1.54) is 32.4 Å². The second-order valence-electron chi connectivity index (χ2n) is 9.26. The highest BCUT2D eigenvalue weighted by molar-refractivity contribution is 6.00. The highest BCUT2D eigenvalue weighted by atomic mass is 16.5. The largest absolute Gasteiger partial charge is 0.492 e.